The lowest BCUT2D eigenvalue weighted by atomic mass is 10.2. The fourth-order valence-electron chi connectivity index (χ4n) is 1.89. The summed E-state index contributed by atoms with van der Waals surface area (Å²) in [6, 6.07) is 10.2. The standard InChI is InChI=1S/C13H12N4/c1-14-13-15-6-7-17(13)11-8-10-4-2-3-5-12(10)16-9-11/h2-9H,1H3,(H,14,15). The molecule has 0 aliphatic carbocycles. The van der Waals surface area contributed by atoms with Gasteiger partial charge in [0.2, 0.25) is 5.95 Å². The average molecular weight is 224 g/mol. The molecule has 2 heterocycles. The van der Waals surface area contributed by atoms with Gasteiger partial charge in [0.05, 0.1) is 17.4 Å². The highest BCUT2D eigenvalue weighted by molar-refractivity contribution is 5.80. The molecule has 1 N–H and O–H groups in total. The van der Waals surface area contributed by atoms with Crippen molar-refractivity contribution in [1.82, 2.24) is 14.5 Å². The number of hydrogen-bond donors (Lipinski definition) is 1. The molecule has 0 bridgehead atoms. The molecule has 1 aromatic carbocycles. The number of nitrogens with one attached hydrogen (secondary N) is 1. The molecule has 3 aromatic rings. The van der Waals surface area contributed by atoms with Gasteiger partial charge in [-0.1, -0.05) is 18.2 Å². The lowest BCUT2D eigenvalue weighted by molar-refractivity contribution is 1.05. The molecule has 84 valence electrons. The van der Waals surface area contributed by atoms with Crippen LogP contribution in [0.25, 0.3) is 16.6 Å². The molecule has 3 rings (SSSR count). The third-order valence-corrected chi connectivity index (χ3v) is 2.72. The number of anilines is 1. The second kappa shape index (κ2) is 3.90. The zero-order valence-electron chi connectivity index (χ0n) is 9.46. The zero-order valence-corrected chi connectivity index (χ0v) is 9.46. The molecule has 0 amide bonds. The Morgan fingerprint density at radius 2 is 2.06 bits per heavy atom. The van der Waals surface area contributed by atoms with Gasteiger partial charge < -0.3 is 5.32 Å². The monoisotopic (exact) mass is 224 g/mol. The Hall–Kier alpha value is -2.36. The van der Waals surface area contributed by atoms with Gasteiger partial charge in [-0.25, -0.2) is 4.98 Å². The first kappa shape index (κ1) is 9.84. The summed E-state index contributed by atoms with van der Waals surface area (Å²) in [5.74, 6) is 0.807. The summed E-state index contributed by atoms with van der Waals surface area (Å²) in [4.78, 5) is 8.65. The van der Waals surface area contributed by atoms with Crippen LogP contribution in [0.4, 0.5) is 5.95 Å². The Morgan fingerprint density at radius 3 is 2.94 bits per heavy atom. The van der Waals surface area contributed by atoms with Gasteiger partial charge in [-0.2, -0.15) is 0 Å². The maximum absolute atomic E-state index is 4.44. The van der Waals surface area contributed by atoms with Crippen molar-refractivity contribution < 1.29 is 0 Å². The van der Waals surface area contributed by atoms with Crippen LogP contribution in [-0.4, -0.2) is 21.6 Å². The van der Waals surface area contributed by atoms with E-state index in [2.05, 4.69) is 27.4 Å². The van der Waals surface area contributed by atoms with Crippen LogP contribution in [0.3, 0.4) is 0 Å². The highest BCUT2D eigenvalue weighted by Gasteiger charge is 2.04. The molecule has 0 spiro atoms. The van der Waals surface area contributed by atoms with Gasteiger partial charge in [0.25, 0.3) is 0 Å². The summed E-state index contributed by atoms with van der Waals surface area (Å²) in [5, 5.41) is 4.17. The van der Waals surface area contributed by atoms with Gasteiger partial charge in [0.1, 0.15) is 0 Å². The first-order valence-corrected chi connectivity index (χ1v) is 5.45. The summed E-state index contributed by atoms with van der Waals surface area (Å²) >= 11 is 0. The molecular formula is C13H12N4. The Kier molecular flexibility index (Phi) is 2.26. The lowest BCUT2D eigenvalue weighted by Gasteiger charge is -2.07. The van der Waals surface area contributed by atoms with E-state index in [1.165, 1.54) is 0 Å². The first-order valence-electron chi connectivity index (χ1n) is 5.45. The van der Waals surface area contributed by atoms with Crippen molar-refractivity contribution in [3.05, 3.63) is 48.9 Å². The van der Waals surface area contributed by atoms with E-state index in [4.69, 9.17) is 0 Å². The summed E-state index contributed by atoms with van der Waals surface area (Å²) in [5.41, 5.74) is 2.01. The van der Waals surface area contributed by atoms with Crippen molar-refractivity contribution in [2.24, 2.45) is 0 Å². The second-order valence-electron chi connectivity index (χ2n) is 3.76. The Morgan fingerprint density at radius 1 is 1.18 bits per heavy atom. The minimum Gasteiger partial charge on any atom is -0.358 e. The van der Waals surface area contributed by atoms with E-state index in [-0.39, 0.29) is 0 Å². The topological polar surface area (TPSA) is 42.7 Å². The SMILES string of the molecule is CNc1nccn1-c1cnc2ccccc2c1. The summed E-state index contributed by atoms with van der Waals surface area (Å²) in [6.45, 7) is 0. The summed E-state index contributed by atoms with van der Waals surface area (Å²) in [6.07, 6.45) is 5.53. The average Bonchev–Trinajstić information content (AvgIpc) is 2.86. The van der Waals surface area contributed by atoms with Gasteiger partial charge in [-0.15, -0.1) is 0 Å². The maximum Gasteiger partial charge on any atom is 0.207 e. The molecule has 0 atom stereocenters. The van der Waals surface area contributed by atoms with Gasteiger partial charge in [0.15, 0.2) is 0 Å². The van der Waals surface area contributed by atoms with Crippen molar-refractivity contribution in [1.29, 1.82) is 0 Å². The molecule has 0 saturated heterocycles. The number of rotatable bonds is 2. The van der Waals surface area contributed by atoms with E-state index in [1.807, 2.05) is 42.2 Å². The zero-order chi connectivity index (χ0) is 11.7. The number of pyridine rings is 1. The van der Waals surface area contributed by atoms with E-state index in [0.29, 0.717) is 0 Å². The van der Waals surface area contributed by atoms with Crippen molar-refractivity contribution >= 4 is 16.9 Å². The minimum atomic E-state index is 0.807. The fourth-order valence-corrected chi connectivity index (χ4v) is 1.89. The first-order chi connectivity index (χ1) is 8.38. The number of imidazole rings is 1. The van der Waals surface area contributed by atoms with Crippen LogP contribution in [-0.2, 0) is 0 Å². The molecule has 4 heteroatoms. The van der Waals surface area contributed by atoms with Gasteiger partial charge in [-0.3, -0.25) is 9.55 Å². The molecule has 4 nitrogen and oxygen atoms in total. The van der Waals surface area contributed by atoms with E-state index in [9.17, 15) is 0 Å². The van der Waals surface area contributed by atoms with Crippen molar-refractivity contribution in [2.45, 2.75) is 0 Å². The number of fused-ring (bicyclic) bond motifs is 1. The molecule has 0 aliphatic rings. The molecular weight excluding hydrogens is 212 g/mol. The number of nitrogens with zero attached hydrogens (tertiary/aromatic N) is 3. The maximum atomic E-state index is 4.44. The predicted molar refractivity (Wildman–Crippen MR) is 68.4 cm³/mol. The highest BCUT2D eigenvalue weighted by atomic mass is 15.2. The number of aromatic nitrogens is 3. The molecule has 2 aromatic heterocycles. The van der Waals surface area contributed by atoms with E-state index < -0.39 is 0 Å². The van der Waals surface area contributed by atoms with Crippen LogP contribution >= 0.6 is 0 Å². The van der Waals surface area contributed by atoms with E-state index in [0.717, 1.165) is 22.5 Å². The summed E-state index contributed by atoms with van der Waals surface area (Å²) in [7, 11) is 1.85. The van der Waals surface area contributed by atoms with Gasteiger partial charge >= 0.3 is 0 Å². The van der Waals surface area contributed by atoms with Crippen molar-refractivity contribution in [3.63, 3.8) is 0 Å². The van der Waals surface area contributed by atoms with E-state index >= 15 is 0 Å². The van der Waals surface area contributed by atoms with Crippen LogP contribution in [0.5, 0.6) is 0 Å². The Bertz CT molecular complexity index is 657. The Labute approximate surface area is 98.9 Å². The van der Waals surface area contributed by atoms with Crippen LogP contribution in [0.15, 0.2) is 48.9 Å². The van der Waals surface area contributed by atoms with E-state index in [1.54, 1.807) is 6.20 Å². The third-order valence-electron chi connectivity index (χ3n) is 2.72. The van der Waals surface area contributed by atoms with Crippen LogP contribution in [0.2, 0.25) is 0 Å². The number of hydrogen-bond acceptors (Lipinski definition) is 3. The van der Waals surface area contributed by atoms with Crippen molar-refractivity contribution in [3.8, 4) is 5.69 Å². The Balaban J connectivity index is 2.18. The number of benzene rings is 1. The molecule has 0 fully saturated rings. The fraction of sp³-hybridized carbons (Fsp3) is 0.0769. The molecule has 17 heavy (non-hydrogen) atoms. The van der Waals surface area contributed by atoms with Crippen LogP contribution < -0.4 is 5.32 Å². The smallest absolute Gasteiger partial charge is 0.207 e. The van der Waals surface area contributed by atoms with Gasteiger partial charge in [0, 0.05) is 24.8 Å². The normalized spacial score (nSPS) is 10.6. The molecule has 0 radical (unpaired) electrons. The van der Waals surface area contributed by atoms with Crippen molar-refractivity contribution in [2.75, 3.05) is 12.4 Å². The van der Waals surface area contributed by atoms with Crippen LogP contribution in [0, 0.1) is 0 Å². The van der Waals surface area contributed by atoms with Crippen LogP contribution in [0.1, 0.15) is 0 Å². The molecule has 0 aliphatic heterocycles. The largest absolute Gasteiger partial charge is 0.358 e. The lowest BCUT2D eigenvalue weighted by Crippen LogP contribution is -2.00. The van der Waals surface area contributed by atoms with Gasteiger partial charge in [-0.05, 0) is 12.1 Å². The third kappa shape index (κ3) is 1.63. The highest BCUT2D eigenvalue weighted by Crippen LogP contribution is 2.18. The minimum absolute atomic E-state index is 0.807. The predicted octanol–water partition coefficient (Wildman–Crippen LogP) is 2.46. The summed E-state index contributed by atoms with van der Waals surface area (Å²) < 4.78 is 1.97. The molecule has 0 unspecified atom stereocenters. The second-order valence-corrected chi connectivity index (χ2v) is 3.76. The quantitative estimate of drug-likeness (QED) is 0.727. The number of para-hydroxylation sites is 1. The molecule has 0 saturated carbocycles.